The van der Waals surface area contributed by atoms with E-state index in [4.69, 9.17) is 4.74 Å². The molecule has 0 bridgehead atoms. The Morgan fingerprint density at radius 3 is 2.64 bits per heavy atom. The van der Waals surface area contributed by atoms with Crippen molar-refractivity contribution >= 4 is 22.9 Å². The average Bonchev–Trinajstić information content (AvgIpc) is 2.84. The molecule has 0 saturated carbocycles. The third kappa shape index (κ3) is 4.64. The largest absolute Gasteiger partial charge is 0.449 e. The highest BCUT2D eigenvalue weighted by Crippen LogP contribution is 2.24. The van der Waals surface area contributed by atoms with Crippen molar-refractivity contribution in [2.45, 2.75) is 33.6 Å². The van der Waals surface area contributed by atoms with Gasteiger partial charge in [-0.15, -0.1) is 0 Å². The first kappa shape index (κ1) is 20.2. The minimum Gasteiger partial charge on any atom is -0.449 e. The van der Waals surface area contributed by atoms with Crippen LogP contribution in [0.15, 0.2) is 18.2 Å². The standard InChI is InChI=1S/C21H28FN3O3/c1-14(2)13-28-21(27)25-8-4-7-24(9-10-25)20(26)12-17-15(3)23-19-6-5-16(22)11-18(17)19/h5-6,11,14,23H,4,7-10,12-13H2,1-3H3. The molecule has 152 valence electrons. The molecule has 0 atom stereocenters. The van der Waals surface area contributed by atoms with Crippen molar-refractivity contribution in [3.63, 3.8) is 0 Å². The average molecular weight is 389 g/mol. The van der Waals surface area contributed by atoms with Gasteiger partial charge < -0.3 is 19.5 Å². The normalized spacial score (nSPS) is 15.2. The van der Waals surface area contributed by atoms with E-state index >= 15 is 0 Å². The molecule has 2 aromatic rings. The Hall–Kier alpha value is -2.57. The molecule has 0 spiro atoms. The summed E-state index contributed by atoms with van der Waals surface area (Å²) < 4.78 is 18.9. The smallest absolute Gasteiger partial charge is 0.409 e. The summed E-state index contributed by atoms with van der Waals surface area (Å²) in [7, 11) is 0. The molecule has 1 aliphatic heterocycles. The van der Waals surface area contributed by atoms with E-state index in [1.807, 2.05) is 20.8 Å². The molecule has 0 radical (unpaired) electrons. The zero-order valence-electron chi connectivity index (χ0n) is 16.8. The van der Waals surface area contributed by atoms with Crippen molar-refractivity contribution < 1.29 is 18.7 Å². The zero-order valence-corrected chi connectivity index (χ0v) is 16.8. The van der Waals surface area contributed by atoms with Gasteiger partial charge in [-0.2, -0.15) is 0 Å². The molecular formula is C21H28FN3O3. The number of benzene rings is 1. The number of ether oxygens (including phenoxy) is 1. The highest BCUT2D eigenvalue weighted by molar-refractivity contribution is 5.90. The van der Waals surface area contributed by atoms with E-state index in [1.54, 1.807) is 15.9 Å². The minimum atomic E-state index is -0.314. The van der Waals surface area contributed by atoms with Gasteiger partial charge in [-0.3, -0.25) is 4.79 Å². The predicted molar refractivity (Wildman–Crippen MR) is 106 cm³/mol. The van der Waals surface area contributed by atoms with E-state index in [0.717, 1.165) is 22.2 Å². The van der Waals surface area contributed by atoms with Gasteiger partial charge in [-0.25, -0.2) is 9.18 Å². The summed E-state index contributed by atoms with van der Waals surface area (Å²) in [5, 5.41) is 0.750. The summed E-state index contributed by atoms with van der Waals surface area (Å²) in [4.78, 5) is 31.7. The van der Waals surface area contributed by atoms with Crippen molar-refractivity contribution in [2.75, 3.05) is 32.8 Å². The Morgan fingerprint density at radius 2 is 1.89 bits per heavy atom. The van der Waals surface area contributed by atoms with Crippen molar-refractivity contribution in [1.29, 1.82) is 0 Å². The molecule has 1 aromatic heterocycles. The lowest BCUT2D eigenvalue weighted by atomic mass is 10.1. The molecular weight excluding hydrogens is 361 g/mol. The van der Waals surface area contributed by atoms with Crippen molar-refractivity contribution in [3.8, 4) is 0 Å². The van der Waals surface area contributed by atoms with Crippen LogP contribution in [-0.2, 0) is 16.0 Å². The second kappa shape index (κ2) is 8.63. The maximum atomic E-state index is 13.6. The molecule has 2 heterocycles. The maximum Gasteiger partial charge on any atom is 0.409 e. The van der Waals surface area contributed by atoms with Gasteiger partial charge in [-0.05, 0) is 43.0 Å². The molecule has 0 unspecified atom stereocenters. The molecule has 1 aromatic carbocycles. The van der Waals surface area contributed by atoms with Gasteiger partial charge in [-0.1, -0.05) is 13.8 Å². The number of hydrogen-bond donors (Lipinski definition) is 1. The molecule has 1 aliphatic rings. The number of aryl methyl sites for hydroxylation is 1. The Kier molecular flexibility index (Phi) is 6.21. The van der Waals surface area contributed by atoms with Crippen LogP contribution in [0.2, 0.25) is 0 Å². The van der Waals surface area contributed by atoms with Gasteiger partial charge in [0.05, 0.1) is 13.0 Å². The summed E-state index contributed by atoms with van der Waals surface area (Å²) in [6.07, 6.45) is 0.614. The molecule has 7 heteroatoms. The molecule has 2 amide bonds. The second-order valence-electron chi connectivity index (χ2n) is 7.79. The number of hydrogen-bond acceptors (Lipinski definition) is 3. The highest BCUT2D eigenvalue weighted by Gasteiger charge is 2.24. The second-order valence-corrected chi connectivity index (χ2v) is 7.79. The summed E-state index contributed by atoms with van der Waals surface area (Å²) in [6.45, 7) is 8.41. The number of carbonyl (C=O) groups excluding carboxylic acids is 2. The van der Waals surface area contributed by atoms with Gasteiger partial charge in [0.1, 0.15) is 5.82 Å². The SMILES string of the molecule is Cc1[nH]c2ccc(F)cc2c1CC(=O)N1CCCN(C(=O)OCC(C)C)CC1. The van der Waals surface area contributed by atoms with Crippen LogP contribution in [0.25, 0.3) is 10.9 Å². The van der Waals surface area contributed by atoms with E-state index in [1.165, 1.54) is 12.1 Å². The van der Waals surface area contributed by atoms with Gasteiger partial charge in [0, 0.05) is 42.8 Å². The lowest BCUT2D eigenvalue weighted by Crippen LogP contribution is -2.38. The third-order valence-electron chi connectivity index (χ3n) is 5.06. The van der Waals surface area contributed by atoms with Gasteiger partial charge in [0.25, 0.3) is 0 Å². The number of amides is 2. The summed E-state index contributed by atoms with van der Waals surface area (Å²) >= 11 is 0. The van der Waals surface area contributed by atoms with E-state index < -0.39 is 0 Å². The Bertz CT molecular complexity index is 862. The van der Waals surface area contributed by atoms with Crippen LogP contribution in [0.3, 0.4) is 0 Å². The summed E-state index contributed by atoms with van der Waals surface area (Å²) in [6, 6.07) is 4.57. The van der Waals surface area contributed by atoms with Gasteiger partial charge >= 0.3 is 6.09 Å². The number of rotatable bonds is 4. The Balaban J connectivity index is 1.63. The number of nitrogens with zero attached hydrogens (tertiary/aromatic N) is 2. The first-order chi connectivity index (χ1) is 13.3. The lowest BCUT2D eigenvalue weighted by Gasteiger charge is -2.22. The monoisotopic (exact) mass is 389 g/mol. The topological polar surface area (TPSA) is 65.6 Å². The fourth-order valence-electron chi connectivity index (χ4n) is 3.52. The molecule has 3 rings (SSSR count). The van der Waals surface area contributed by atoms with Crippen LogP contribution in [0.1, 0.15) is 31.5 Å². The fraction of sp³-hybridized carbons (Fsp3) is 0.524. The van der Waals surface area contributed by atoms with Crippen LogP contribution >= 0.6 is 0 Å². The number of aromatic nitrogens is 1. The number of H-pyrrole nitrogens is 1. The van der Waals surface area contributed by atoms with Crippen molar-refractivity contribution in [1.82, 2.24) is 14.8 Å². The third-order valence-corrected chi connectivity index (χ3v) is 5.06. The first-order valence-electron chi connectivity index (χ1n) is 9.81. The lowest BCUT2D eigenvalue weighted by molar-refractivity contribution is -0.130. The molecule has 0 aliphatic carbocycles. The van der Waals surface area contributed by atoms with Crippen LogP contribution in [0.4, 0.5) is 9.18 Å². The molecule has 1 fully saturated rings. The molecule has 6 nitrogen and oxygen atoms in total. The fourth-order valence-corrected chi connectivity index (χ4v) is 3.52. The quantitative estimate of drug-likeness (QED) is 0.871. The minimum absolute atomic E-state index is 0.00865. The molecule has 28 heavy (non-hydrogen) atoms. The molecule has 1 N–H and O–H groups in total. The number of halogens is 1. The van der Waals surface area contributed by atoms with Crippen molar-refractivity contribution in [2.24, 2.45) is 5.92 Å². The highest BCUT2D eigenvalue weighted by atomic mass is 19.1. The Labute approximate surface area is 164 Å². The Morgan fingerprint density at radius 1 is 1.18 bits per heavy atom. The maximum absolute atomic E-state index is 13.6. The van der Waals surface area contributed by atoms with Crippen LogP contribution in [0, 0.1) is 18.7 Å². The molecule has 1 saturated heterocycles. The number of aromatic amines is 1. The predicted octanol–water partition coefficient (Wildman–Crippen LogP) is 3.48. The number of nitrogens with one attached hydrogen (secondary N) is 1. The first-order valence-corrected chi connectivity index (χ1v) is 9.81. The van der Waals surface area contributed by atoms with E-state index in [-0.39, 0.29) is 24.2 Å². The van der Waals surface area contributed by atoms with Crippen molar-refractivity contribution in [3.05, 3.63) is 35.3 Å². The van der Waals surface area contributed by atoms with Gasteiger partial charge in [0.15, 0.2) is 0 Å². The van der Waals surface area contributed by atoms with Crippen LogP contribution in [-0.4, -0.2) is 59.6 Å². The van der Waals surface area contributed by atoms with E-state index in [9.17, 15) is 14.0 Å². The van der Waals surface area contributed by atoms with Crippen LogP contribution in [0.5, 0.6) is 0 Å². The van der Waals surface area contributed by atoms with Gasteiger partial charge in [0.2, 0.25) is 5.91 Å². The summed E-state index contributed by atoms with van der Waals surface area (Å²) in [5.74, 6) is -0.0329. The number of carbonyl (C=O) groups is 2. The zero-order chi connectivity index (χ0) is 20.3. The van der Waals surface area contributed by atoms with Crippen LogP contribution < -0.4 is 0 Å². The number of fused-ring (bicyclic) bond motifs is 1. The van der Waals surface area contributed by atoms with E-state index in [0.29, 0.717) is 45.1 Å². The summed E-state index contributed by atoms with van der Waals surface area (Å²) in [5.41, 5.74) is 2.54. The van der Waals surface area contributed by atoms with E-state index in [2.05, 4.69) is 4.98 Å².